The van der Waals surface area contributed by atoms with E-state index < -0.39 is 96.6 Å². The minimum atomic E-state index is -5.57. The Morgan fingerprint density at radius 2 is 1.67 bits per heavy atom. The average Bonchev–Trinajstić information content (AvgIpc) is 3.68. The fraction of sp³-hybridized carbons (Fsp3) is 0.690. The zero-order valence-corrected chi connectivity index (χ0v) is 36.1. The number of hydrogen-bond acceptors (Lipinski definition) is 20. The molecule has 0 bridgehead atoms. The molecule has 1 aliphatic heterocycles. The van der Waals surface area contributed by atoms with Crippen molar-refractivity contribution >= 4 is 75.1 Å². The van der Waals surface area contributed by atoms with Gasteiger partial charge in [0.25, 0.3) is 0 Å². The number of nitrogen functional groups attached to an aromatic ring is 1. The summed E-state index contributed by atoms with van der Waals surface area (Å²) in [7, 11) is -16.4. The van der Waals surface area contributed by atoms with Gasteiger partial charge in [-0.05, 0) is 13.3 Å². The summed E-state index contributed by atoms with van der Waals surface area (Å²) >= 11 is 0.939. The van der Waals surface area contributed by atoms with E-state index in [1.165, 1.54) is 20.8 Å². The SMILES string of the molecule is CC(O)CC(=O)SCCNC(=O)CCNC(=O)[C@H](O)C(C)(C)COP(=O)(O)OP(=O)(O)OC[C@H]1O[C@@H](n2cnc3c(N)ncnc32)[C@H](O)[C@@H]1OP(=O)(O)O.CCCC(=O)O. The van der Waals surface area contributed by atoms with Crippen molar-refractivity contribution in [2.75, 3.05) is 37.8 Å². The van der Waals surface area contributed by atoms with Crippen molar-refractivity contribution in [1.29, 1.82) is 0 Å². The average molecular weight is 942 g/mol. The van der Waals surface area contributed by atoms with Gasteiger partial charge in [-0.3, -0.25) is 37.3 Å². The number of thioether (sulfide) groups is 1. The molecule has 0 spiro atoms. The molecule has 2 amide bonds. The van der Waals surface area contributed by atoms with E-state index in [4.69, 9.17) is 24.6 Å². The first kappa shape index (κ1) is 53.1. The fourth-order valence-corrected chi connectivity index (χ4v) is 8.43. The van der Waals surface area contributed by atoms with Crippen molar-refractivity contribution in [3.63, 3.8) is 0 Å². The first-order valence-corrected chi connectivity index (χ1v) is 23.1. The molecule has 3 heterocycles. The number of nitrogens with zero attached hydrogens (tertiary/aromatic N) is 4. The predicted molar refractivity (Wildman–Crippen MR) is 206 cm³/mol. The second kappa shape index (κ2) is 23.4. The van der Waals surface area contributed by atoms with E-state index in [1.807, 2.05) is 6.92 Å². The number of amides is 2. The molecule has 1 fully saturated rings. The maximum absolute atomic E-state index is 12.6. The van der Waals surface area contributed by atoms with Crippen LogP contribution in [0.25, 0.3) is 11.2 Å². The Labute approximate surface area is 346 Å². The highest BCUT2D eigenvalue weighted by atomic mass is 32.2. The van der Waals surface area contributed by atoms with Crippen LogP contribution in [0.15, 0.2) is 12.7 Å². The second-order valence-corrected chi connectivity index (χ2v) is 18.9. The molecule has 0 radical (unpaired) electrons. The van der Waals surface area contributed by atoms with Crippen LogP contribution in [0.3, 0.4) is 0 Å². The number of fused-ring (bicyclic) bond motifs is 1. The van der Waals surface area contributed by atoms with Crippen molar-refractivity contribution in [3.8, 4) is 0 Å². The molecule has 27 nitrogen and oxygen atoms in total. The van der Waals surface area contributed by atoms with Crippen molar-refractivity contribution < 1.29 is 95.5 Å². The normalized spacial score (nSPS) is 21.2. The summed E-state index contributed by atoms with van der Waals surface area (Å²) in [4.78, 5) is 96.5. The van der Waals surface area contributed by atoms with Crippen LogP contribution in [-0.2, 0) is 55.5 Å². The zero-order valence-electron chi connectivity index (χ0n) is 32.6. The third-order valence-electron chi connectivity index (χ3n) is 7.69. The number of carboxylic acids is 1. The summed E-state index contributed by atoms with van der Waals surface area (Å²) in [6, 6.07) is 0. The van der Waals surface area contributed by atoms with Crippen LogP contribution < -0.4 is 16.4 Å². The summed E-state index contributed by atoms with van der Waals surface area (Å²) < 4.78 is 61.9. The van der Waals surface area contributed by atoms with Crippen LogP contribution in [0.1, 0.15) is 59.6 Å². The molecule has 1 saturated heterocycles. The van der Waals surface area contributed by atoms with Gasteiger partial charge in [0, 0.05) is 43.5 Å². The van der Waals surface area contributed by atoms with Gasteiger partial charge >= 0.3 is 29.4 Å². The number of aliphatic hydroxyl groups excluding tert-OH is 3. The number of hydrogen-bond donors (Lipinski definition) is 11. The Bertz CT molecular complexity index is 1920. The largest absolute Gasteiger partial charge is 0.481 e. The molecule has 3 rings (SSSR count). The summed E-state index contributed by atoms with van der Waals surface area (Å²) in [5.41, 5.74) is 4.23. The molecule has 31 heteroatoms. The molecule has 2 aromatic heterocycles. The molecular weight excluding hydrogens is 891 g/mol. The summed E-state index contributed by atoms with van der Waals surface area (Å²) in [5.74, 6) is -1.96. The van der Waals surface area contributed by atoms with Crippen LogP contribution in [-0.4, -0.2) is 145 Å². The second-order valence-electron chi connectivity index (χ2n) is 13.5. The minimum Gasteiger partial charge on any atom is -0.481 e. The van der Waals surface area contributed by atoms with Crippen molar-refractivity contribution in [2.24, 2.45) is 5.41 Å². The van der Waals surface area contributed by atoms with E-state index in [-0.39, 0.29) is 53.8 Å². The Kier molecular flexibility index (Phi) is 20.8. The van der Waals surface area contributed by atoms with E-state index in [0.29, 0.717) is 6.42 Å². The molecule has 342 valence electrons. The van der Waals surface area contributed by atoms with E-state index >= 15 is 0 Å². The smallest absolute Gasteiger partial charge is 0.481 e. The molecule has 12 N–H and O–H groups in total. The number of aliphatic carboxylic acids is 1. The highest BCUT2D eigenvalue weighted by Gasteiger charge is 2.50. The number of carbonyl (C=O) groups excluding carboxylic acids is 3. The summed E-state index contributed by atoms with van der Waals surface area (Å²) in [6.07, 6.45) is -6.77. The zero-order chi connectivity index (χ0) is 45.6. The first-order valence-electron chi connectivity index (χ1n) is 17.6. The Hall–Kier alpha value is -3.01. The maximum atomic E-state index is 12.6. The van der Waals surface area contributed by atoms with Gasteiger partial charge in [0.05, 0.1) is 25.6 Å². The molecule has 1 aliphatic rings. The summed E-state index contributed by atoms with van der Waals surface area (Å²) in [6.45, 7) is 3.67. The maximum Gasteiger partial charge on any atom is 0.481 e. The number of imidazole rings is 1. The molecule has 3 unspecified atom stereocenters. The minimum absolute atomic E-state index is 0.0259. The quantitative estimate of drug-likeness (QED) is 0.0485. The van der Waals surface area contributed by atoms with Gasteiger partial charge in [0.1, 0.15) is 36.3 Å². The van der Waals surface area contributed by atoms with Gasteiger partial charge in [0.15, 0.2) is 22.8 Å². The van der Waals surface area contributed by atoms with Gasteiger partial charge < -0.3 is 61.1 Å². The third kappa shape index (κ3) is 18.1. The molecule has 2 aromatic rings. The van der Waals surface area contributed by atoms with Gasteiger partial charge in [-0.25, -0.2) is 28.6 Å². The van der Waals surface area contributed by atoms with Crippen LogP contribution in [0, 0.1) is 5.41 Å². The van der Waals surface area contributed by atoms with E-state index in [2.05, 4.69) is 34.4 Å². The number of nitrogens with one attached hydrogen (secondary N) is 2. The van der Waals surface area contributed by atoms with Gasteiger partial charge in [-0.2, -0.15) is 4.31 Å². The van der Waals surface area contributed by atoms with Crippen molar-refractivity contribution in [2.45, 2.75) is 90.1 Å². The number of ether oxygens (including phenoxy) is 1. The number of phosphoric acid groups is 3. The van der Waals surface area contributed by atoms with Crippen LogP contribution >= 0.6 is 35.2 Å². The Morgan fingerprint density at radius 3 is 2.25 bits per heavy atom. The molecule has 0 aliphatic carbocycles. The van der Waals surface area contributed by atoms with Crippen LogP contribution in [0.2, 0.25) is 0 Å². The Morgan fingerprint density at radius 1 is 1.02 bits per heavy atom. The number of aliphatic hydroxyl groups is 3. The highest BCUT2D eigenvalue weighted by molar-refractivity contribution is 8.13. The predicted octanol–water partition coefficient (Wildman–Crippen LogP) is -0.693. The number of carbonyl (C=O) groups is 4. The lowest BCUT2D eigenvalue weighted by Gasteiger charge is -2.30. The van der Waals surface area contributed by atoms with E-state index in [1.54, 1.807) is 0 Å². The molecule has 0 saturated carbocycles. The monoisotopic (exact) mass is 941 g/mol. The summed E-state index contributed by atoms with van der Waals surface area (Å²) in [5, 5.41) is 43.1. The van der Waals surface area contributed by atoms with E-state index in [9.17, 15) is 67.8 Å². The molecule has 60 heavy (non-hydrogen) atoms. The van der Waals surface area contributed by atoms with Gasteiger partial charge in [0.2, 0.25) is 11.8 Å². The highest BCUT2D eigenvalue weighted by Crippen LogP contribution is 2.61. The van der Waals surface area contributed by atoms with Gasteiger partial charge in [-0.15, -0.1) is 0 Å². The van der Waals surface area contributed by atoms with Gasteiger partial charge in [-0.1, -0.05) is 32.5 Å². The number of anilines is 1. The van der Waals surface area contributed by atoms with E-state index in [0.717, 1.165) is 35.4 Å². The lowest BCUT2D eigenvalue weighted by Crippen LogP contribution is -2.46. The molecule has 8 atom stereocenters. The number of aromatic nitrogens is 4. The Balaban J connectivity index is 0.00000192. The standard InChI is InChI=1S/C25H42N7O18P3S.C4H8O2/c1-13(33)8-16(35)54-7-6-27-15(34)4-5-28-23(38)20(37)25(2,3)10-47-53(44,45)50-52(42,43)46-9-14-19(49-51(39,40)41)18(36)24(48-14)32-12-31-17-21(26)29-11-30-22(17)32;1-2-3-4(5)6/h11-14,18-20,24,33,36-37H,4-10H2,1-3H3,(H,27,34)(H,28,38)(H,42,43)(H,44,45)(H2,26,29,30)(H2,39,40,41);2-3H2,1H3,(H,5,6)/t13?,14-,18-,19-,20+,24-;/m1./s1. The topological polar surface area (TPSA) is 421 Å². The number of nitrogens with two attached hydrogens (primary N) is 1. The lowest BCUT2D eigenvalue weighted by molar-refractivity contribution is -0.137. The number of rotatable bonds is 23. The third-order valence-corrected chi connectivity index (χ3v) is 11.7. The van der Waals surface area contributed by atoms with Crippen molar-refractivity contribution in [3.05, 3.63) is 12.7 Å². The molecule has 0 aromatic carbocycles. The number of carboxylic acid groups (broad SMARTS) is 1. The van der Waals surface area contributed by atoms with Crippen molar-refractivity contribution in [1.82, 2.24) is 30.2 Å². The number of phosphoric ester groups is 3. The fourth-order valence-electron chi connectivity index (χ4n) is 4.81. The van der Waals surface area contributed by atoms with Crippen LogP contribution in [0.4, 0.5) is 5.82 Å². The lowest BCUT2D eigenvalue weighted by atomic mass is 9.87. The first-order chi connectivity index (χ1) is 27.7. The van der Waals surface area contributed by atoms with Crippen LogP contribution in [0.5, 0.6) is 0 Å². The molecular formula is C29H50N7O20P3S.